The van der Waals surface area contributed by atoms with Gasteiger partial charge in [-0.05, 0) is 63.2 Å². The van der Waals surface area contributed by atoms with Gasteiger partial charge in [0.1, 0.15) is 6.10 Å². The quantitative estimate of drug-likeness (QED) is 0.919. The molecule has 3 heteroatoms. The highest BCUT2D eigenvalue weighted by molar-refractivity contribution is 5.25. The van der Waals surface area contributed by atoms with Gasteiger partial charge in [0.2, 0.25) is 0 Å². The summed E-state index contributed by atoms with van der Waals surface area (Å²) < 4.78 is 11.5. The van der Waals surface area contributed by atoms with Gasteiger partial charge in [0.25, 0.3) is 0 Å². The van der Waals surface area contributed by atoms with Crippen molar-refractivity contribution in [2.45, 2.75) is 45.0 Å². The van der Waals surface area contributed by atoms with Crippen LogP contribution >= 0.6 is 0 Å². The van der Waals surface area contributed by atoms with E-state index in [2.05, 4.69) is 29.6 Å². The fraction of sp³-hybridized carbons (Fsp3) is 0.647. The van der Waals surface area contributed by atoms with E-state index in [1.807, 2.05) is 13.8 Å². The van der Waals surface area contributed by atoms with Crippen LogP contribution in [0.25, 0.3) is 0 Å². The number of hydrogen-bond acceptors (Lipinski definition) is 3. The molecule has 2 saturated heterocycles. The molecule has 1 unspecified atom stereocenters. The molecule has 3 rings (SSSR count). The average molecular weight is 275 g/mol. The van der Waals surface area contributed by atoms with Gasteiger partial charge in [-0.3, -0.25) is 0 Å². The predicted molar refractivity (Wildman–Crippen MR) is 79.6 cm³/mol. The Morgan fingerprint density at radius 2 is 1.85 bits per heavy atom. The minimum atomic E-state index is -0.446. The van der Waals surface area contributed by atoms with Gasteiger partial charge in [0.15, 0.2) is 5.79 Å². The first kappa shape index (κ1) is 14.1. The van der Waals surface area contributed by atoms with Gasteiger partial charge in [-0.1, -0.05) is 24.3 Å². The maximum absolute atomic E-state index is 5.89. The number of nitrogens with one attached hydrogen (secondary N) is 1. The molecular formula is C17H25NO2. The monoisotopic (exact) mass is 275 g/mol. The molecule has 2 aliphatic rings. The first-order chi connectivity index (χ1) is 9.62. The molecule has 0 aliphatic carbocycles. The molecule has 3 nitrogen and oxygen atoms in total. The number of rotatable bonds is 3. The summed E-state index contributed by atoms with van der Waals surface area (Å²) >= 11 is 0. The smallest absolute Gasteiger partial charge is 0.163 e. The van der Waals surface area contributed by atoms with Crippen molar-refractivity contribution in [3.05, 3.63) is 35.4 Å². The zero-order valence-corrected chi connectivity index (χ0v) is 12.5. The van der Waals surface area contributed by atoms with Crippen LogP contribution in [0.2, 0.25) is 0 Å². The third kappa shape index (κ3) is 3.40. The third-order valence-electron chi connectivity index (χ3n) is 4.34. The Hall–Kier alpha value is -0.900. The van der Waals surface area contributed by atoms with E-state index in [1.165, 1.54) is 43.5 Å². The molecule has 1 aromatic rings. The van der Waals surface area contributed by atoms with Crippen LogP contribution in [-0.4, -0.2) is 25.5 Å². The molecular weight excluding hydrogens is 250 g/mol. The van der Waals surface area contributed by atoms with Crippen LogP contribution in [0, 0.1) is 5.92 Å². The Morgan fingerprint density at radius 3 is 2.45 bits per heavy atom. The Bertz CT molecular complexity index is 435. The lowest BCUT2D eigenvalue weighted by atomic mass is 9.90. The van der Waals surface area contributed by atoms with Crippen molar-refractivity contribution in [1.29, 1.82) is 0 Å². The maximum Gasteiger partial charge on any atom is 0.163 e. The topological polar surface area (TPSA) is 30.5 Å². The van der Waals surface area contributed by atoms with Gasteiger partial charge in [0.05, 0.1) is 6.61 Å². The normalized spacial score (nSPS) is 26.8. The van der Waals surface area contributed by atoms with E-state index in [0.29, 0.717) is 6.61 Å². The maximum atomic E-state index is 5.89. The summed E-state index contributed by atoms with van der Waals surface area (Å²) in [6.07, 6.45) is 3.89. The summed E-state index contributed by atoms with van der Waals surface area (Å²) in [6.45, 7) is 6.94. The molecule has 2 aliphatic heterocycles. The minimum absolute atomic E-state index is 0.0814. The number of benzene rings is 1. The van der Waals surface area contributed by atoms with Crippen molar-refractivity contribution in [2.24, 2.45) is 5.92 Å². The minimum Gasteiger partial charge on any atom is -0.347 e. The molecule has 110 valence electrons. The van der Waals surface area contributed by atoms with Crippen molar-refractivity contribution in [3.63, 3.8) is 0 Å². The molecule has 0 bridgehead atoms. The van der Waals surface area contributed by atoms with Gasteiger partial charge >= 0.3 is 0 Å². The molecule has 0 spiro atoms. The first-order valence-corrected chi connectivity index (χ1v) is 7.74. The molecule has 2 fully saturated rings. The van der Waals surface area contributed by atoms with Gasteiger partial charge < -0.3 is 14.8 Å². The van der Waals surface area contributed by atoms with Crippen molar-refractivity contribution < 1.29 is 9.47 Å². The SMILES string of the molecule is CC1(C)OCC(c2ccc(CC3CCNCC3)cc2)O1. The molecule has 0 radical (unpaired) electrons. The summed E-state index contributed by atoms with van der Waals surface area (Å²) in [5, 5.41) is 3.42. The number of piperidine rings is 1. The van der Waals surface area contributed by atoms with Crippen LogP contribution in [-0.2, 0) is 15.9 Å². The van der Waals surface area contributed by atoms with Crippen molar-refractivity contribution in [1.82, 2.24) is 5.32 Å². The van der Waals surface area contributed by atoms with Gasteiger partial charge in [-0.15, -0.1) is 0 Å². The van der Waals surface area contributed by atoms with Gasteiger partial charge in [0, 0.05) is 0 Å². The lowest BCUT2D eigenvalue weighted by Gasteiger charge is -2.22. The molecule has 20 heavy (non-hydrogen) atoms. The highest BCUT2D eigenvalue weighted by atomic mass is 16.7. The average Bonchev–Trinajstić information content (AvgIpc) is 2.81. The van der Waals surface area contributed by atoms with Gasteiger partial charge in [-0.25, -0.2) is 0 Å². The highest BCUT2D eigenvalue weighted by Gasteiger charge is 2.33. The first-order valence-electron chi connectivity index (χ1n) is 7.74. The van der Waals surface area contributed by atoms with Crippen molar-refractivity contribution in [3.8, 4) is 0 Å². The van der Waals surface area contributed by atoms with Crippen molar-refractivity contribution >= 4 is 0 Å². The van der Waals surface area contributed by atoms with E-state index < -0.39 is 5.79 Å². The second kappa shape index (κ2) is 5.84. The summed E-state index contributed by atoms with van der Waals surface area (Å²) in [5.74, 6) is 0.394. The van der Waals surface area contributed by atoms with Crippen LogP contribution in [0.1, 0.15) is 43.9 Å². The summed E-state index contributed by atoms with van der Waals surface area (Å²) in [4.78, 5) is 0. The Morgan fingerprint density at radius 1 is 1.15 bits per heavy atom. The number of hydrogen-bond donors (Lipinski definition) is 1. The molecule has 1 N–H and O–H groups in total. The van der Waals surface area contributed by atoms with E-state index in [4.69, 9.17) is 9.47 Å². The van der Waals surface area contributed by atoms with Crippen LogP contribution in [0.15, 0.2) is 24.3 Å². The second-order valence-corrected chi connectivity index (χ2v) is 6.46. The van der Waals surface area contributed by atoms with E-state index in [0.717, 1.165) is 5.92 Å². The predicted octanol–water partition coefficient (Wildman–Crippen LogP) is 3.05. The summed E-state index contributed by atoms with van der Waals surface area (Å²) in [7, 11) is 0. The van der Waals surface area contributed by atoms with E-state index in [-0.39, 0.29) is 6.10 Å². The lowest BCUT2D eigenvalue weighted by molar-refractivity contribution is -0.139. The molecule has 1 atom stereocenters. The Balaban J connectivity index is 1.60. The lowest BCUT2D eigenvalue weighted by Crippen LogP contribution is -2.28. The summed E-state index contributed by atoms with van der Waals surface area (Å²) in [6, 6.07) is 8.91. The van der Waals surface area contributed by atoms with Crippen LogP contribution in [0.4, 0.5) is 0 Å². The molecule has 2 heterocycles. The molecule has 1 aromatic carbocycles. The third-order valence-corrected chi connectivity index (χ3v) is 4.34. The second-order valence-electron chi connectivity index (χ2n) is 6.46. The van der Waals surface area contributed by atoms with E-state index in [1.54, 1.807) is 0 Å². The summed E-state index contributed by atoms with van der Waals surface area (Å²) in [5.41, 5.74) is 2.67. The van der Waals surface area contributed by atoms with E-state index in [9.17, 15) is 0 Å². The Kier molecular flexibility index (Phi) is 4.11. The van der Waals surface area contributed by atoms with Crippen LogP contribution < -0.4 is 5.32 Å². The fourth-order valence-electron chi connectivity index (χ4n) is 3.14. The highest BCUT2D eigenvalue weighted by Crippen LogP contribution is 2.33. The zero-order valence-electron chi connectivity index (χ0n) is 12.5. The largest absolute Gasteiger partial charge is 0.347 e. The van der Waals surface area contributed by atoms with E-state index >= 15 is 0 Å². The zero-order chi connectivity index (χ0) is 14.0. The number of ether oxygens (including phenoxy) is 2. The molecule has 0 saturated carbocycles. The van der Waals surface area contributed by atoms with Crippen molar-refractivity contribution in [2.75, 3.05) is 19.7 Å². The Labute approximate surface area is 121 Å². The van der Waals surface area contributed by atoms with Crippen LogP contribution in [0.5, 0.6) is 0 Å². The fourth-order valence-corrected chi connectivity index (χ4v) is 3.14. The standard InChI is InChI=1S/C17H25NO2/c1-17(2)19-12-16(20-17)15-5-3-13(4-6-15)11-14-7-9-18-10-8-14/h3-6,14,16,18H,7-12H2,1-2H3. The van der Waals surface area contributed by atoms with Gasteiger partial charge in [-0.2, -0.15) is 0 Å². The van der Waals surface area contributed by atoms with Crippen LogP contribution in [0.3, 0.4) is 0 Å². The molecule has 0 aromatic heterocycles. The molecule has 0 amide bonds.